The Balaban J connectivity index is 1.64. The van der Waals surface area contributed by atoms with Gasteiger partial charge in [0.05, 0.1) is 35.2 Å². The number of hydrogen-bond donors (Lipinski definition) is 2. The lowest BCUT2D eigenvalue weighted by atomic mass is 10.1. The number of amides is 1. The van der Waals surface area contributed by atoms with E-state index >= 15 is 0 Å². The number of rotatable bonds is 12. The van der Waals surface area contributed by atoms with E-state index in [1.54, 1.807) is 37.1 Å². The number of carbonyl (C=O) groups excluding carboxylic acids is 1. The molecular formula is C29H38ClN5O6. The normalized spacial score (nSPS) is 15.7. The van der Waals surface area contributed by atoms with E-state index < -0.39 is 6.10 Å². The topological polar surface area (TPSA) is 132 Å². The van der Waals surface area contributed by atoms with Gasteiger partial charge in [-0.25, -0.2) is 9.78 Å². The molecule has 11 nitrogen and oxygen atoms in total. The summed E-state index contributed by atoms with van der Waals surface area (Å²) in [5.74, 6) is 1.89. The molecule has 1 aliphatic rings. The Bertz CT molecular complexity index is 1330. The molecule has 3 heterocycles. The van der Waals surface area contributed by atoms with Crippen LogP contribution >= 0.6 is 11.6 Å². The fourth-order valence-electron chi connectivity index (χ4n) is 4.95. The number of aliphatic hydroxyl groups excluding tert-OH is 1. The maximum absolute atomic E-state index is 12.3. The number of hydrogen-bond acceptors (Lipinski definition) is 10. The highest BCUT2D eigenvalue weighted by molar-refractivity contribution is 6.33. The Morgan fingerprint density at radius 1 is 1.27 bits per heavy atom. The summed E-state index contributed by atoms with van der Waals surface area (Å²) < 4.78 is 22.7. The van der Waals surface area contributed by atoms with Crippen LogP contribution in [0.2, 0.25) is 5.02 Å². The number of ether oxygens (including phenoxy) is 3. The second kappa shape index (κ2) is 14.0. The minimum absolute atomic E-state index is 0.0410. The molecule has 1 aliphatic heterocycles. The highest BCUT2D eigenvalue weighted by Gasteiger charge is 2.30. The van der Waals surface area contributed by atoms with Crippen LogP contribution in [0.3, 0.4) is 0 Å². The van der Waals surface area contributed by atoms with Crippen LogP contribution in [0.4, 0.5) is 4.79 Å². The number of likely N-dealkylation sites (tertiary alicyclic amines) is 1. The van der Waals surface area contributed by atoms with Crippen molar-refractivity contribution in [3.63, 3.8) is 0 Å². The highest BCUT2D eigenvalue weighted by atomic mass is 35.5. The number of carbonyl (C=O) groups is 1. The third-order valence-electron chi connectivity index (χ3n) is 7.00. The van der Waals surface area contributed by atoms with Gasteiger partial charge in [0.15, 0.2) is 5.82 Å². The molecule has 0 aliphatic carbocycles. The molecule has 2 aromatic heterocycles. The van der Waals surface area contributed by atoms with Crippen LogP contribution in [0.25, 0.3) is 22.6 Å². The summed E-state index contributed by atoms with van der Waals surface area (Å²) in [6.45, 7) is 9.27. The van der Waals surface area contributed by atoms with Gasteiger partial charge in [-0.2, -0.15) is 4.98 Å². The van der Waals surface area contributed by atoms with Crippen molar-refractivity contribution in [2.75, 3.05) is 40.0 Å². The second-order valence-corrected chi connectivity index (χ2v) is 10.4. The van der Waals surface area contributed by atoms with Crippen LogP contribution in [0.5, 0.6) is 11.6 Å². The van der Waals surface area contributed by atoms with E-state index in [-0.39, 0.29) is 18.7 Å². The molecule has 0 bridgehead atoms. The lowest BCUT2D eigenvalue weighted by molar-refractivity contribution is 0.0981. The Hall–Kier alpha value is -3.41. The van der Waals surface area contributed by atoms with Crippen molar-refractivity contribution in [1.82, 2.24) is 25.3 Å². The molecule has 1 saturated heterocycles. The standard InChI is InChI=1S/C29H38ClN5O6/c1-6-38-29(37)35-12-7-8-20(35)11-13-39-28-17(2)26(25-18(3)34-41-19(25)4)32-27(33-28)23-14-22(9-10-24(23)30)40-16-21(36)15-31-5/h9-10,14,20-21,31,36H,6-8,11-13,15-16H2,1-5H3/t20-,21+/m0/s1. The summed E-state index contributed by atoms with van der Waals surface area (Å²) in [6.07, 6.45) is 1.51. The first-order valence-corrected chi connectivity index (χ1v) is 14.2. The van der Waals surface area contributed by atoms with Crippen molar-refractivity contribution in [3.8, 4) is 34.3 Å². The molecule has 4 rings (SSSR count). The third kappa shape index (κ3) is 7.27. The molecule has 1 amide bonds. The van der Waals surface area contributed by atoms with Crippen molar-refractivity contribution in [2.45, 2.75) is 59.1 Å². The summed E-state index contributed by atoms with van der Waals surface area (Å²) in [4.78, 5) is 23.8. The minimum atomic E-state index is -0.666. The number of likely N-dealkylation sites (N-methyl/N-ethyl adjacent to an activating group) is 1. The van der Waals surface area contributed by atoms with Crippen molar-refractivity contribution < 1.29 is 28.6 Å². The van der Waals surface area contributed by atoms with E-state index in [9.17, 15) is 9.90 Å². The molecule has 12 heteroatoms. The van der Waals surface area contributed by atoms with Crippen LogP contribution in [-0.4, -0.2) is 83.3 Å². The number of aryl methyl sites for hydroxylation is 2. The first-order chi connectivity index (χ1) is 19.7. The van der Waals surface area contributed by atoms with E-state index in [0.717, 1.165) is 24.0 Å². The number of benzene rings is 1. The van der Waals surface area contributed by atoms with Gasteiger partial charge < -0.3 is 34.1 Å². The van der Waals surface area contributed by atoms with E-state index in [0.29, 0.717) is 77.9 Å². The summed E-state index contributed by atoms with van der Waals surface area (Å²) in [5, 5.41) is 17.5. The van der Waals surface area contributed by atoms with Crippen LogP contribution < -0.4 is 14.8 Å². The average Bonchev–Trinajstić information content (AvgIpc) is 3.55. The molecule has 0 unspecified atom stereocenters. The molecule has 3 aromatic rings. The van der Waals surface area contributed by atoms with Crippen LogP contribution in [0, 0.1) is 20.8 Å². The molecular weight excluding hydrogens is 550 g/mol. The largest absolute Gasteiger partial charge is 0.491 e. The van der Waals surface area contributed by atoms with E-state index in [4.69, 9.17) is 40.3 Å². The van der Waals surface area contributed by atoms with Gasteiger partial charge in [-0.3, -0.25) is 0 Å². The quantitative estimate of drug-likeness (QED) is 0.306. The smallest absolute Gasteiger partial charge is 0.409 e. The summed E-state index contributed by atoms with van der Waals surface area (Å²) >= 11 is 6.62. The number of aromatic nitrogens is 3. The monoisotopic (exact) mass is 587 g/mol. The lowest BCUT2D eigenvalue weighted by Gasteiger charge is -2.24. The van der Waals surface area contributed by atoms with E-state index in [1.165, 1.54) is 0 Å². The Kier molecular flexibility index (Phi) is 10.4. The number of nitrogens with one attached hydrogen (secondary N) is 1. The second-order valence-electron chi connectivity index (χ2n) is 10.0. The van der Waals surface area contributed by atoms with Gasteiger partial charge in [0.2, 0.25) is 5.88 Å². The predicted molar refractivity (Wildman–Crippen MR) is 154 cm³/mol. The molecule has 0 spiro atoms. The molecule has 41 heavy (non-hydrogen) atoms. The Labute approximate surface area is 245 Å². The fourth-order valence-corrected chi connectivity index (χ4v) is 5.15. The average molecular weight is 588 g/mol. The Morgan fingerprint density at radius 2 is 2.07 bits per heavy atom. The first-order valence-electron chi connectivity index (χ1n) is 13.9. The SMILES string of the molecule is CCOC(=O)N1CCC[C@H]1CCOc1nc(-c2cc(OC[C@H](O)CNC)ccc2Cl)nc(-c2c(C)noc2C)c1C. The summed E-state index contributed by atoms with van der Waals surface area (Å²) in [7, 11) is 1.76. The zero-order chi connectivity index (χ0) is 29.5. The number of halogens is 1. The van der Waals surface area contributed by atoms with Crippen molar-refractivity contribution >= 4 is 17.7 Å². The fraction of sp³-hybridized carbons (Fsp3) is 0.517. The molecule has 0 radical (unpaired) electrons. The van der Waals surface area contributed by atoms with E-state index in [2.05, 4.69) is 10.5 Å². The van der Waals surface area contributed by atoms with Crippen LogP contribution in [-0.2, 0) is 4.74 Å². The Morgan fingerprint density at radius 3 is 2.78 bits per heavy atom. The zero-order valence-electron chi connectivity index (χ0n) is 24.2. The molecule has 1 aromatic carbocycles. The molecule has 2 N–H and O–H groups in total. The van der Waals surface area contributed by atoms with Gasteiger partial charge in [-0.05, 0) is 65.8 Å². The van der Waals surface area contributed by atoms with Crippen LogP contribution in [0.1, 0.15) is 43.2 Å². The molecule has 0 saturated carbocycles. The van der Waals surface area contributed by atoms with Gasteiger partial charge >= 0.3 is 6.09 Å². The maximum atomic E-state index is 12.3. The van der Waals surface area contributed by atoms with Gasteiger partial charge in [0.1, 0.15) is 24.2 Å². The maximum Gasteiger partial charge on any atom is 0.409 e. The van der Waals surface area contributed by atoms with Gasteiger partial charge in [0, 0.05) is 36.7 Å². The molecule has 1 fully saturated rings. The van der Waals surface area contributed by atoms with E-state index in [1.807, 2.05) is 20.8 Å². The number of nitrogens with zero attached hydrogens (tertiary/aromatic N) is 4. The van der Waals surface area contributed by atoms with Crippen molar-refractivity contribution in [2.24, 2.45) is 0 Å². The number of aliphatic hydroxyl groups is 1. The first kappa shape index (κ1) is 30.5. The minimum Gasteiger partial charge on any atom is -0.491 e. The summed E-state index contributed by atoms with van der Waals surface area (Å²) in [6, 6.07) is 5.23. The van der Waals surface area contributed by atoms with Gasteiger partial charge in [0.25, 0.3) is 0 Å². The third-order valence-corrected chi connectivity index (χ3v) is 7.33. The summed E-state index contributed by atoms with van der Waals surface area (Å²) in [5.41, 5.74) is 3.37. The molecule has 222 valence electrons. The van der Waals surface area contributed by atoms with Crippen LogP contribution in [0.15, 0.2) is 22.7 Å². The van der Waals surface area contributed by atoms with Crippen molar-refractivity contribution in [1.29, 1.82) is 0 Å². The zero-order valence-corrected chi connectivity index (χ0v) is 25.0. The highest BCUT2D eigenvalue weighted by Crippen LogP contribution is 2.37. The predicted octanol–water partition coefficient (Wildman–Crippen LogP) is 4.73. The van der Waals surface area contributed by atoms with Gasteiger partial charge in [-0.15, -0.1) is 0 Å². The lowest BCUT2D eigenvalue weighted by Crippen LogP contribution is -2.36. The van der Waals surface area contributed by atoms with Gasteiger partial charge in [-0.1, -0.05) is 16.8 Å². The molecule has 2 atom stereocenters. The van der Waals surface area contributed by atoms with Crippen molar-refractivity contribution in [3.05, 3.63) is 40.2 Å².